The van der Waals surface area contributed by atoms with E-state index in [4.69, 9.17) is 21.1 Å². The van der Waals surface area contributed by atoms with Crippen molar-refractivity contribution < 1.29 is 38.1 Å². The number of esters is 2. The van der Waals surface area contributed by atoms with Crippen LogP contribution in [0, 0.1) is 28.6 Å². The first-order chi connectivity index (χ1) is 17.2. The van der Waals surface area contributed by atoms with Gasteiger partial charge in [-0.1, -0.05) is 40.7 Å². The van der Waals surface area contributed by atoms with Crippen LogP contribution in [0.2, 0.25) is 0 Å². The number of aliphatic hydroxyl groups excluding tert-OH is 1. The Bertz CT molecular complexity index is 1100. The molecule has 0 aliphatic heterocycles. The van der Waals surface area contributed by atoms with Crippen LogP contribution in [0.15, 0.2) is 23.6 Å². The SMILES string of the molecule is CCC(=O)OCC(=O)[C@@]1(OC(=O)CC)[C@H](C)C[C@H]2[C@@H]3CCC4=C(F)C(=O)C=C[C@]4(C)[C@]3(Cl)[C@@H](O)C[C@@]21C. The summed E-state index contributed by atoms with van der Waals surface area (Å²) in [6.45, 7) is 8.16. The predicted molar refractivity (Wildman–Crippen MR) is 133 cm³/mol. The standard InChI is InChI=1S/C28H36ClFO7/c1-6-22(34)36-14-21(33)28(37-23(35)7-2)15(3)12-18-16-8-9-17-24(30)19(31)10-11-25(17,4)27(16,29)20(32)13-26(18,28)5/h10-11,15-16,18,20,32H,6-9,12-14H2,1-5H3/t15-,16+,18+,20+,25+,26+,27-,28+/m1/s1. The van der Waals surface area contributed by atoms with Gasteiger partial charge in [0.2, 0.25) is 11.6 Å². The molecule has 4 aliphatic carbocycles. The van der Waals surface area contributed by atoms with Gasteiger partial charge in [0.25, 0.3) is 0 Å². The van der Waals surface area contributed by atoms with Crippen LogP contribution in [0.5, 0.6) is 0 Å². The average Bonchev–Trinajstić information content (AvgIpc) is 3.07. The number of aliphatic hydroxyl groups is 1. The third kappa shape index (κ3) is 3.61. The zero-order chi connectivity index (χ0) is 27.6. The van der Waals surface area contributed by atoms with E-state index in [-0.39, 0.29) is 37.5 Å². The van der Waals surface area contributed by atoms with Crippen LogP contribution < -0.4 is 0 Å². The molecule has 37 heavy (non-hydrogen) atoms. The molecule has 3 saturated carbocycles. The first kappa shape index (κ1) is 28.0. The molecule has 0 saturated heterocycles. The Hall–Kier alpha value is -2.06. The third-order valence-electron chi connectivity index (χ3n) is 9.90. The van der Waals surface area contributed by atoms with E-state index in [2.05, 4.69) is 0 Å². The number of Topliss-reactive ketones (excluding diaryl/α,β-unsaturated/α-hetero) is 1. The van der Waals surface area contributed by atoms with Gasteiger partial charge < -0.3 is 14.6 Å². The number of fused-ring (bicyclic) bond motifs is 5. The van der Waals surface area contributed by atoms with Gasteiger partial charge >= 0.3 is 11.9 Å². The fraction of sp³-hybridized carbons (Fsp3) is 0.714. The lowest BCUT2D eigenvalue weighted by Crippen LogP contribution is -2.69. The van der Waals surface area contributed by atoms with E-state index in [1.807, 2.05) is 13.8 Å². The largest absolute Gasteiger partial charge is 0.457 e. The van der Waals surface area contributed by atoms with E-state index >= 15 is 4.39 Å². The Morgan fingerprint density at radius 3 is 2.43 bits per heavy atom. The summed E-state index contributed by atoms with van der Waals surface area (Å²) in [5.74, 6) is -4.19. The van der Waals surface area contributed by atoms with Gasteiger partial charge in [-0.2, -0.15) is 0 Å². The molecule has 4 aliphatic rings. The number of alkyl halides is 1. The normalized spacial score (nSPS) is 42.5. The van der Waals surface area contributed by atoms with E-state index in [1.54, 1.807) is 26.8 Å². The van der Waals surface area contributed by atoms with Gasteiger partial charge in [0.1, 0.15) is 0 Å². The van der Waals surface area contributed by atoms with E-state index in [0.717, 1.165) is 0 Å². The molecule has 0 amide bonds. The van der Waals surface area contributed by atoms with Gasteiger partial charge in [0.05, 0.1) is 11.0 Å². The lowest BCUT2D eigenvalue weighted by molar-refractivity contribution is -0.203. The lowest BCUT2D eigenvalue weighted by atomic mass is 9.45. The maximum Gasteiger partial charge on any atom is 0.306 e. The summed E-state index contributed by atoms with van der Waals surface area (Å²) in [6, 6.07) is 0. The molecule has 7 nitrogen and oxygen atoms in total. The Morgan fingerprint density at radius 1 is 1.16 bits per heavy atom. The maximum atomic E-state index is 15.0. The lowest BCUT2D eigenvalue weighted by Gasteiger charge is -2.64. The van der Waals surface area contributed by atoms with Crippen molar-refractivity contribution in [2.24, 2.45) is 28.6 Å². The highest BCUT2D eigenvalue weighted by molar-refractivity contribution is 6.26. The summed E-state index contributed by atoms with van der Waals surface area (Å²) >= 11 is 7.38. The van der Waals surface area contributed by atoms with E-state index < -0.39 is 69.3 Å². The Morgan fingerprint density at radius 2 is 1.81 bits per heavy atom. The minimum Gasteiger partial charge on any atom is -0.457 e. The molecule has 204 valence electrons. The molecule has 0 unspecified atom stereocenters. The van der Waals surface area contributed by atoms with Gasteiger partial charge in [-0.3, -0.25) is 19.2 Å². The monoisotopic (exact) mass is 538 g/mol. The number of carbonyl (C=O) groups excluding carboxylic acids is 4. The van der Waals surface area contributed by atoms with Gasteiger partial charge in [-0.25, -0.2) is 4.39 Å². The van der Waals surface area contributed by atoms with Crippen molar-refractivity contribution in [1.29, 1.82) is 0 Å². The predicted octanol–water partition coefficient (Wildman–Crippen LogP) is 4.38. The summed E-state index contributed by atoms with van der Waals surface area (Å²) in [5.41, 5.74) is -3.45. The third-order valence-corrected chi connectivity index (χ3v) is 10.8. The van der Waals surface area contributed by atoms with Crippen LogP contribution in [0.4, 0.5) is 4.39 Å². The number of halogens is 2. The molecule has 8 atom stereocenters. The van der Waals surface area contributed by atoms with Crippen LogP contribution in [0.1, 0.15) is 73.1 Å². The molecule has 0 radical (unpaired) electrons. The molecule has 0 spiro atoms. The quantitative estimate of drug-likeness (QED) is 0.395. The average molecular weight is 539 g/mol. The topological polar surface area (TPSA) is 107 Å². The molecular formula is C28H36ClFO7. The summed E-state index contributed by atoms with van der Waals surface area (Å²) < 4.78 is 26.2. The van der Waals surface area contributed by atoms with Crippen LogP contribution in [-0.4, -0.2) is 51.8 Å². The highest BCUT2D eigenvalue weighted by atomic mass is 35.5. The minimum absolute atomic E-state index is 0.0126. The maximum absolute atomic E-state index is 15.0. The van der Waals surface area contributed by atoms with Gasteiger partial charge in [0, 0.05) is 29.6 Å². The number of rotatable bonds is 6. The number of hydrogen-bond donors (Lipinski definition) is 1. The highest BCUT2D eigenvalue weighted by Gasteiger charge is 2.76. The number of allylic oxidation sites excluding steroid dienone is 4. The van der Waals surface area contributed by atoms with Crippen molar-refractivity contribution >= 4 is 35.1 Å². The number of ketones is 2. The molecule has 0 aromatic heterocycles. The van der Waals surface area contributed by atoms with Crippen molar-refractivity contribution in [2.75, 3.05) is 6.61 Å². The van der Waals surface area contributed by atoms with Crippen molar-refractivity contribution in [3.05, 3.63) is 23.6 Å². The van der Waals surface area contributed by atoms with Gasteiger partial charge in [0.15, 0.2) is 18.0 Å². The van der Waals surface area contributed by atoms with Crippen molar-refractivity contribution in [3.8, 4) is 0 Å². The van der Waals surface area contributed by atoms with Crippen LogP contribution in [0.25, 0.3) is 0 Å². The number of hydrogen-bond acceptors (Lipinski definition) is 7. The molecular weight excluding hydrogens is 503 g/mol. The first-order valence-electron chi connectivity index (χ1n) is 13.1. The summed E-state index contributed by atoms with van der Waals surface area (Å²) in [4.78, 5) is 49.2. The molecule has 0 aromatic carbocycles. The Labute approximate surface area is 221 Å². The zero-order valence-corrected chi connectivity index (χ0v) is 22.8. The molecule has 9 heteroatoms. The van der Waals surface area contributed by atoms with Crippen LogP contribution >= 0.6 is 11.6 Å². The van der Waals surface area contributed by atoms with E-state index in [0.29, 0.717) is 18.4 Å². The van der Waals surface area contributed by atoms with Crippen LogP contribution in [0.3, 0.4) is 0 Å². The second-order valence-corrected chi connectivity index (χ2v) is 12.1. The minimum atomic E-state index is -1.63. The summed E-state index contributed by atoms with van der Waals surface area (Å²) in [6.07, 6.45) is 2.92. The zero-order valence-electron chi connectivity index (χ0n) is 22.1. The molecule has 0 bridgehead atoms. The number of carbonyl (C=O) groups is 4. The Balaban J connectivity index is 1.82. The van der Waals surface area contributed by atoms with Crippen LogP contribution in [-0.2, 0) is 28.7 Å². The van der Waals surface area contributed by atoms with Crippen molar-refractivity contribution in [3.63, 3.8) is 0 Å². The second-order valence-electron chi connectivity index (χ2n) is 11.5. The Kier molecular flexibility index (Phi) is 7.03. The molecule has 3 fully saturated rings. The first-order valence-corrected chi connectivity index (χ1v) is 13.5. The van der Waals surface area contributed by atoms with Crippen molar-refractivity contribution in [2.45, 2.75) is 89.7 Å². The summed E-state index contributed by atoms with van der Waals surface area (Å²) in [5, 5.41) is 11.7. The van der Waals surface area contributed by atoms with E-state index in [9.17, 15) is 24.3 Å². The fourth-order valence-electron chi connectivity index (χ4n) is 8.08. The molecule has 1 N–H and O–H groups in total. The fourth-order valence-corrected chi connectivity index (χ4v) is 8.60. The molecule has 0 aromatic rings. The highest BCUT2D eigenvalue weighted by Crippen LogP contribution is 2.72. The number of ether oxygens (including phenoxy) is 2. The molecule has 0 heterocycles. The second kappa shape index (κ2) is 9.30. The molecule has 4 rings (SSSR count). The smallest absolute Gasteiger partial charge is 0.306 e. The summed E-state index contributed by atoms with van der Waals surface area (Å²) in [7, 11) is 0. The van der Waals surface area contributed by atoms with Gasteiger partial charge in [-0.15, -0.1) is 11.6 Å². The van der Waals surface area contributed by atoms with Gasteiger partial charge in [-0.05, 0) is 49.2 Å². The van der Waals surface area contributed by atoms with E-state index in [1.165, 1.54) is 6.08 Å². The van der Waals surface area contributed by atoms with Crippen molar-refractivity contribution in [1.82, 2.24) is 0 Å².